The molecule has 1 N–H and O–H groups in total. The Morgan fingerprint density at radius 3 is 2.78 bits per heavy atom. The van der Waals surface area contributed by atoms with Gasteiger partial charge in [0.2, 0.25) is 0 Å². The van der Waals surface area contributed by atoms with Crippen LogP contribution in [0.5, 0.6) is 0 Å². The maximum absolute atomic E-state index is 11.3. The fraction of sp³-hybridized carbons (Fsp3) is 0.273. The van der Waals surface area contributed by atoms with Gasteiger partial charge in [-0.05, 0) is 19.9 Å². The highest BCUT2D eigenvalue weighted by molar-refractivity contribution is 6.35. The molecular formula is C11H13N3O4. The number of nitrogens with zero attached hydrogens (tertiary/aromatic N) is 2. The molecule has 7 heteroatoms. The standard InChI is InChI=1S/C11H13N3O4/c1-3-18-11(15)8(2)12-13-9-6-4-5-7-10(9)14(16)17/h4-7,13H,3H2,1-2H3/b12-8-. The Kier molecular flexibility index (Phi) is 4.79. The molecular weight excluding hydrogens is 238 g/mol. The molecule has 0 heterocycles. The van der Waals surface area contributed by atoms with Gasteiger partial charge in [0.15, 0.2) is 0 Å². The van der Waals surface area contributed by atoms with E-state index in [1.165, 1.54) is 19.1 Å². The summed E-state index contributed by atoms with van der Waals surface area (Å²) in [5.74, 6) is -0.566. The van der Waals surface area contributed by atoms with E-state index in [0.717, 1.165) is 0 Å². The average molecular weight is 251 g/mol. The molecule has 0 bridgehead atoms. The van der Waals surface area contributed by atoms with Crippen LogP contribution < -0.4 is 5.43 Å². The van der Waals surface area contributed by atoms with E-state index in [-0.39, 0.29) is 23.7 Å². The Morgan fingerprint density at radius 2 is 2.17 bits per heavy atom. The zero-order valence-corrected chi connectivity index (χ0v) is 10.0. The lowest BCUT2D eigenvalue weighted by Crippen LogP contribution is -2.15. The Hall–Kier alpha value is -2.44. The molecule has 0 aliphatic rings. The fourth-order valence-electron chi connectivity index (χ4n) is 1.15. The van der Waals surface area contributed by atoms with E-state index in [4.69, 9.17) is 4.74 Å². The first kappa shape index (κ1) is 13.6. The van der Waals surface area contributed by atoms with Crippen LogP contribution in [0.2, 0.25) is 0 Å². The second kappa shape index (κ2) is 6.33. The first-order valence-electron chi connectivity index (χ1n) is 5.27. The summed E-state index contributed by atoms with van der Waals surface area (Å²) in [6, 6.07) is 6.02. The lowest BCUT2D eigenvalue weighted by atomic mass is 10.3. The first-order chi connectivity index (χ1) is 8.56. The largest absolute Gasteiger partial charge is 0.461 e. The van der Waals surface area contributed by atoms with Crippen LogP contribution in [-0.2, 0) is 9.53 Å². The molecule has 0 radical (unpaired) electrons. The monoisotopic (exact) mass is 251 g/mol. The molecule has 1 aromatic carbocycles. The third kappa shape index (κ3) is 3.55. The number of hydrazone groups is 1. The number of nitro benzene ring substituents is 1. The Morgan fingerprint density at radius 1 is 1.50 bits per heavy atom. The summed E-state index contributed by atoms with van der Waals surface area (Å²) in [5, 5.41) is 14.5. The van der Waals surface area contributed by atoms with E-state index in [1.807, 2.05) is 0 Å². The Bertz CT molecular complexity index is 485. The third-order valence-electron chi connectivity index (χ3n) is 2.02. The summed E-state index contributed by atoms with van der Waals surface area (Å²) < 4.78 is 4.73. The maximum Gasteiger partial charge on any atom is 0.354 e. The van der Waals surface area contributed by atoms with E-state index in [2.05, 4.69) is 10.5 Å². The maximum atomic E-state index is 11.3. The zero-order chi connectivity index (χ0) is 13.5. The van der Waals surface area contributed by atoms with Gasteiger partial charge in [0.1, 0.15) is 11.4 Å². The number of hydrogen-bond donors (Lipinski definition) is 1. The molecule has 1 rings (SSSR count). The summed E-state index contributed by atoms with van der Waals surface area (Å²) in [6.45, 7) is 3.39. The highest BCUT2D eigenvalue weighted by Gasteiger charge is 2.12. The van der Waals surface area contributed by atoms with Crippen LogP contribution in [0, 0.1) is 10.1 Å². The van der Waals surface area contributed by atoms with Gasteiger partial charge in [-0.15, -0.1) is 0 Å². The summed E-state index contributed by atoms with van der Waals surface area (Å²) in [5.41, 5.74) is 2.67. The van der Waals surface area contributed by atoms with Crippen molar-refractivity contribution < 1.29 is 14.5 Å². The van der Waals surface area contributed by atoms with E-state index >= 15 is 0 Å². The number of para-hydroxylation sites is 2. The number of anilines is 1. The van der Waals surface area contributed by atoms with Crippen molar-refractivity contribution in [2.45, 2.75) is 13.8 Å². The van der Waals surface area contributed by atoms with E-state index in [1.54, 1.807) is 19.1 Å². The topological polar surface area (TPSA) is 93.8 Å². The van der Waals surface area contributed by atoms with Gasteiger partial charge in [-0.25, -0.2) is 4.79 Å². The second-order valence-electron chi connectivity index (χ2n) is 3.30. The van der Waals surface area contributed by atoms with Crippen LogP contribution in [0.3, 0.4) is 0 Å². The van der Waals surface area contributed by atoms with Gasteiger partial charge >= 0.3 is 5.97 Å². The van der Waals surface area contributed by atoms with Crippen molar-refractivity contribution >= 4 is 23.1 Å². The number of ether oxygens (including phenoxy) is 1. The SMILES string of the molecule is CCOC(=O)/C(C)=N\Nc1ccccc1[N+](=O)[O-]. The molecule has 0 atom stereocenters. The van der Waals surface area contributed by atoms with Crippen molar-refractivity contribution in [1.29, 1.82) is 0 Å². The smallest absolute Gasteiger partial charge is 0.354 e. The molecule has 0 aliphatic carbocycles. The van der Waals surface area contributed by atoms with Crippen LogP contribution in [-0.4, -0.2) is 23.2 Å². The lowest BCUT2D eigenvalue weighted by Gasteiger charge is -2.03. The number of nitro groups is 1. The third-order valence-corrected chi connectivity index (χ3v) is 2.02. The fourth-order valence-corrected chi connectivity index (χ4v) is 1.15. The minimum Gasteiger partial charge on any atom is -0.461 e. The zero-order valence-electron chi connectivity index (χ0n) is 10.0. The number of nitrogens with one attached hydrogen (secondary N) is 1. The van der Waals surface area contributed by atoms with E-state index in [0.29, 0.717) is 0 Å². The minimum atomic E-state index is -0.566. The molecule has 0 saturated heterocycles. The van der Waals surface area contributed by atoms with Gasteiger partial charge in [0, 0.05) is 6.07 Å². The predicted octanol–water partition coefficient (Wildman–Crippen LogP) is 1.95. The van der Waals surface area contributed by atoms with Gasteiger partial charge in [-0.1, -0.05) is 12.1 Å². The molecule has 18 heavy (non-hydrogen) atoms. The normalized spacial score (nSPS) is 10.9. The van der Waals surface area contributed by atoms with Crippen LogP contribution in [0.15, 0.2) is 29.4 Å². The van der Waals surface area contributed by atoms with Gasteiger partial charge in [-0.3, -0.25) is 15.5 Å². The van der Waals surface area contributed by atoms with E-state index in [9.17, 15) is 14.9 Å². The number of esters is 1. The lowest BCUT2D eigenvalue weighted by molar-refractivity contribution is -0.384. The van der Waals surface area contributed by atoms with Crippen LogP contribution in [0.1, 0.15) is 13.8 Å². The van der Waals surface area contributed by atoms with Gasteiger partial charge in [0.25, 0.3) is 5.69 Å². The van der Waals surface area contributed by atoms with Gasteiger partial charge in [-0.2, -0.15) is 5.10 Å². The molecule has 1 aromatic rings. The van der Waals surface area contributed by atoms with Crippen molar-refractivity contribution in [2.75, 3.05) is 12.0 Å². The second-order valence-corrected chi connectivity index (χ2v) is 3.30. The molecule has 0 spiro atoms. The summed E-state index contributed by atoms with van der Waals surface area (Å²) >= 11 is 0. The number of carbonyl (C=O) groups excluding carboxylic acids is 1. The van der Waals surface area contributed by atoms with Crippen LogP contribution in [0.25, 0.3) is 0 Å². The summed E-state index contributed by atoms with van der Waals surface area (Å²) in [7, 11) is 0. The van der Waals surface area contributed by atoms with Crippen molar-refractivity contribution in [3.8, 4) is 0 Å². The number of benzene rings is 1. The molecule has 0 aromatic heterocycles. The van der Waals surface area contributed by atoms with Crippen LogP contribution >= 0.6 is 0 Å². The minimum absolute atomic E-state index is 0.0926. The van der Waals surface area contributed by atoms with Crippen molar-refractivity contribution in [3.05, 3.63) is 34.4 Å². The van der Waals surface area contributed by atoms with Gasteiger partial charge in [0.05, 0.1) is 11.5 Å². The number of hydrogen-bond acceptors (Lipinski definition) is 6. The molecule has 0 aliphatic heterocycles. The van der Waals surface area contributed by atoms with Crippen molar-refractivity contribution in [3.63, 3.8) is 0 Å². The molecule has 0 unspecified atom stereocenters. The highest BCUT2D eigenvalue weighted by Crippen LogP contribution is 2.22. The number of carbonyl (C=O) groups is 1. The predicted molar refractivity (Wildman–Crippen MR) is 66.5 cm³/mol. The molecule has 0 saturated carbocycles. The summed E-state index contributed by atoms with van der Waals surface area (Å²) in [4.78, 5) is 21.5. The molecule has 0 amide bonds. The molecule has 7 nitrogen and oxygen atoms in total. The van der Waals surface area contributed by atoms with Crippen LogP contribution in [0.4, 0.5) is 11.4 Å². The van der Waals surface area contributed by atoms with E-state index < -0.39 is 10.9 Å². The van der Waals surface area contributed by atoms with Gasteiger partial charge < -0.3 is 4.74 Å². The first-order valence-corrected chi connectivity index (χ1v) is 5.27. The quantitative estimate of drug-likeness (QED) is 0.373. The Balaban J connectivity index is 2.83. The average Bonchev–Trinajstić information content (AvgIpc) is 2.36. The Labute approximate surface area is 104 Å². The van der Waals surface area contributed by atoms with Crippen molar-refractivity contribution in [2.24, 2.45) is 5.10 Å². The molecule has 0 fully saturated rings. The molecule has 96 valence electrons. The number of rotatable bonds is 5. The highest BCUT2D eigenvalue weighted by atomic mass is 16.6. The van der Waals surface area contributed by atoms with Crippen molar-refractivity contribution in [1.82, 2.24) is 0 Å². The summed E-state index contributed by atoms with van der Waals surface area (Å²) in [6.07, 6.45) is 0.